The van der Waals surface area contributed by atoms with Crippen LogP contribution >= 0.6 is 0 Å². The summed E-state index contributed by atoms with van der Waals surface area (Å²) in [6.07, 6.45) is 2.20. The summed E-state index contributed by atoms with van der Waals surface area (Å²) >= 11 is 0. The molecule has 0 radical (unpaired) electrons. The monoisotopic (exact) mass is 428 g/mol. The number of aromatic nitrogens is 3. The van der Waals surface area contributed by atoms with Gasteiger partial charge in [-0.1, -0.05) is 18.2 Å². The molecule has 0 bridgehead atoms. The van der Waals surface area contributed by atoms with E-state index in [1.165, 1.54) is 12.1 Å². The first-order valence-electron chi connectivity index (χ1n) is 10.8. The third-order valence-corrected chi connectivity index (χ3v) is 6.01. The molecule has 0 atom stereocenters. The van der Waals surface area contributed by atoms with Gasteiger partial charge in [-0.3, -0.25) is 9.88 Å². The number of benzene rings is 1. The molecule has 4 nitrogen and oxygen atoms in total. The third-order valence-electron chi connectivity index (χ3n) is 6.01. The lowest BCUT2D eigenvalue weighted by molar-refractivity contribution is -0.137. The molecule has 1 aliphatic heterocycles. The first-order valence-corrected chi connectivity index (χ1v) is 10.8. The molecule has 0 saturated carbocycles. The molecule has 2 aromatic heterocycles. The molecule has 0 amide bonds. The van der Waals surface area contributed by atoms with Crippen LogP contribution in [-0.2, 0) is 25.7 Å². The maximum absolute atomic E-state index is 12.8. The molecule has 164 valence electrons. The van der Waals surface area contributed by atoms with E-state index in [1.807, 2.05) is 24.5 Å². The lowest BCUT2D eigenvalue weighted by Crippen LogP contribution is -2.33. The van der Waals surface area contributed by atoms with Crippen molar-refractivity contribution in [1.82, 2.24) is 19.4 Å². The van der Waals surface area contributed by atoms with E-state index < -0.39 is 11.7 Å². The van der Waals surface area contributed by atoms with Gasteiger partial charge in [0.05, 0.1) is 12.1 Å². The van der Waals surface area contributed by atoms with E-state index in [0.717, 1.165) is 73.9 Å². The summed E-state index contributed by atoms with van der Waals surface area (Å²) in [6.45, 7) is 5.94. The fraction of sp³-hybridized carbons (Fsp3) is 0.417. The van der Waals surface area contributed by atoms with Gasteiger partial charge in [-0.15, -0.1) is 0 Å². The Kier molecular flexibility index (Phi) is 6.41. The van der Waals surface area contributed by atoms with E-state index in [2.05, 4.69) is 27.4 Å². The second-order valence-corrected chi connectivity index (χ2v) is 8.11. The number of aryl methyl sites for hydroxylation is 1. The summed E-state index contributed by atoms with van der Waals surface area (Å²) in [7, 11) is 0. The van der Waals surface area contributed by atoms with E-state index in [1.54, 1.807) is 0 Å². The highest BCUT2D eigenvalue weighted by Gasteiger charge is 2.30. The Bertz CT molecular complexity index is 987. The predicted molar refractivity (Wildman–Crippen MR) is 114 cm³/mol. The lowest BCUT2D eigenvalue weighted by Gasteiger charge is -2.31. The quantitative estimate of drug-likeness (QED) is 0.535. The minimum absolute atomic E-state index is 0.412. The highest BCUT2D eigenvalue weighted by atomic mass is 19.4. The van der Waals surface area contributed by atoms with E-state index in [0.29, 0.717) is 12.3 Å². The van der Waals surface area contributed by atoms with Crippen molar-refractivity contribution in [2.45, 2.75) is 51.4 Å². The maximum atomic E-state index is 12.8. The highest BCUT2D eigenvalue weighted by Crippen LogP contribution is 2.30. The number of hydrogen-bond donors (Lipinski definition) is 0. The molecular weight excluding hydrogens is 401 g/mol. The summed E-state index contributed by atoms with van der Waals surface area (Å²) in [5, 5.41) is 0. The maximum Gasteiger partial charge on any atom is 0.416 e. The number of nitrogens with zero attached hydrogens (tertiary/aromatic N) is 4. The molecule has 0 N–H and O–H groups in total. The van der Waals surface area contributed by atoms with Crippen LogP contribution in [0, 0.1) is 0 Å². The molecule has 31 heavy (non-hydrogen) atoms. The Labute approximate surface area is 180 Å². The predicted octanol–water partition coefficient (Wildman–Crippen LogP) is 5.29. The van der Waals surface area contributed by atoms with E-state index >= 15 is 0 Å². The molecule has 1 aliphatic rings. The number of rotatable bonds is 6. The molecule has 3 aromatic rings. The van der Waals surface area contributed by atoms with Crippen molar-refractivity contribution in [3.63, 3.8) is 0 Å². The highest BCUT2D eigenvalue weighted by molar-refractivity contribution is 5.28. The Morgan fingerprint density at radius 1 is 1.03 bits per heavy atom. The molecule has 1 saturated heterocycles. The number of piperidine rings is 1. The number of alkyl halides is 3. The number of imidazole rings is 1. The summed E-state index contributed by atoms with van der Waals surface area (Å²) in [6, 6.07) is 11.4. The van der Waals surface area contributed by atoms with Gasteiger partial charge in [0.2, 0.25) is 0 Å². The Hall–Kier alpha value is -2.67. The number of likely N-dealkylation sites (tertiary alicyclic amines) is 1. The van der Waals surface area contributed by atoms with Crippen LogP contribution in [0.1, 0.15) is 54.0 Å². The SMILES string of the molecule is CCn1ccnc1CN1CCC(c2cccc(Cc3ccc(C(F)(F)F)cc3)n2)CC1. The first kappa shape index (κ1) is 21.6. The van der Waals surface area contributed by atoms with Gasteiger partial charge in [0.25, 0.3) is 0 Å². The van der Waals surface area contributed by atoms with Gasteiger partial charge in [0.15, 0.2) is 0 Å². The molecule has 0 aliphatic carbocycles. The van der Waals surface area contributed by atoms with Gasteiger partial charge in [0, 0.05) is 42.7 Å². The summed E-state index contributed by atoms with van der Waals surface area (Å²) in [5.41, 5.74) is 2.19. The normalized spacial score (nSPS) is 16.0. The van der Waals surface area contributed by atoms with E-state index in [4.69, 9.17) is 4.98 Å². The van der Waals surface area contributed by atoms with Crippen molar-refractivity contribution in [3.8, 4) is 0 Å². The van der Waals surface area contributed by atoms with Crippen LogP contribution in [0.4, 0.5) is 13.2 Å². The molecule has 1 aromatic carbocycles. The van der Waals surface area contributed by atoms with Crippen LogP contribution in [0.3, 0.4) is 0 Å². The second-order valence-electron chi connectivity index (χ2n) is 8.11. The fourth-order valence-corrected chi connectivity index (χ4v) is 4.21. The van der Waals surface area contributed by atoms with Crippen LogP contribution in [0.25, 0.3) is 0 Å². The van der Waals surface area contributed by atoms with Crippen molar-refractivity contribution in [2.24, 2.45) is 0 Å². The van der Waals surface area contributed by atoms with Gasteiger partial charge in [-0.2, -0.15) is 13.2 Å². The summed E-state index contributed by atoms with van der Waals surface area (Å²) in [5.74, 6) is 1.52. The van der Waals surface area contributed by atoms with Gasteiger partial charge < -0.3 is 4.57 Å². The Morgan fingerprint density at radius 2 is 1.77 bits per heavy atom. The molecule has 0 spiro atoms. The van der Waals surface area contributed by atoms with Crippen molar-refractivity contribution in [1.29, 1.82) is 0 Å². The van der Waals surface area contributed by atoms with Crippen LogP contribution in [0.15, 0.2) is 54.9 Å². The summed E-state index contributed by atoms with van der Waals surface area (Å²) in [4.78, 5) is 11.8. The molecule has 3 heterocycles. The van der Waals surface area contributed by atoms with Gasteiger partial charge in [-0.05, 0) is 62.7 Å². The minimum Gasteiger partial charge on any atom is -0.334 e. The molecule has 1 fully saturated rings. The van der Waals surface area contributed by atoms with E-state index in [9.17, 15) is 13.2 Å². The van der Waals surface area contributed by atoms with Crippen LogP contribution < -0.4 is 0 Å². The van der Waals surface area contributed by atoms with Crippen molar-refractivity contribution in [2.75, 3.05) is 13.1 Å². The minimum atomic E-state index is -4.30. The van der Waals surface area contributed by atoms with Crippen LogP contribution in [0.5, 0.6) is 0 Å². The topological polar surface area (TPSA) is 34.0 Å². The average molecular weight is 429 g/mol. The molecule has 0 unspecified atom stereocenters. The number of halogens is 3. The van der Waals surface area contributed by atoms with Gasteiger partial charge in [-0.25, -0.2) is 4.98 Å². The van der Waals surface area contributed by atoms with Crippen molar-refractivity contribution >= 4 is 0 Å². The van der Waals surface area contributed by atoms with E-state index in [-0.39, 0.29) is 0 Å². The largest absolute Gasteiger partial charge is 0.416 e. The first-order chi connectivity index (χ1) is 14.9. The van der Waals surface area contributed by atoms with Crippen LogP contribution in [-0.4, -0.2) is 32.5 Å². The Balaban J connectivity index is 1.35. The molecule has 4 rings (SSSR count). The zero-order chi connectivity index (χ0) is 21.8. The zero-order valence-electron chi connectivity index (χ0n) is 17.6. The molecule has 7 heteroatoms. The average Bonchev–Trinajstić information content (AvgIpc) is 3.21. The molecular formula is C24H27F3N4. The Morgan fingerprint density at radius 3 is 2.45 bits per heavy atom. The zero-order valence-corrected chi connectivity index (χ0v) is 17.6. The fourth-order valence-electron chi connectivity index (χ4n) is 4.21. The smallest absolute Gasteiger partial charge is 0.334 e. The van der Waals surface area contributed by atoms with Gasteiger partial charge >= 0.3 is 6.18 Å². The number of hydrogen-bond acceptors (Lipinski definition) is 3. The van der Waals surface area contributed by atoms with Crippen molar-refractivity contribution in [3.05, 3.63) is 83.2 Å². The lowest BCUT2D eigenvalue weighted by atomic mass is 9.92. The standard InChI is InChI=1S/C24H27F3N4/c1-2-31-15-12-28-23(31)17-30-13-10-19(11-14-30)22-5-3-4-21(29-22)16-18-6-8-20(9-7-18)24(25,26)27/h3-9,12,15,19H,2,10-11,13-14,16-17H2,1H3. The van der Waals surface area contributed by atoms with Crippen molar-refractivity contribution < 1.29 is 13.2 Å². The van der Waals surface area contributed by atoms with Crippen LogP contribution in [0.2, 0.25) is 0 Å². The number of pyridine rings is 1. The second kappa shape index (κ2) is 9.22. The summed E-state index contributed by atoms with van der Waals surface area (Å²) < 4.78 is 40.4. The van der Waals surface area contributed by atoms with Gasteiger partial charge in [0.1, 0.15) is 5.82 Å². The third kappa shape index (κ3) is 5.34.